The quantitative estimate of drug-likeness (QED) is 0.673. The van der Waals surface area contributed by atoms with E-state index in [1.807, 2.05) is 31.2 Å². The zero-order chi connectivity index (χ0) is 17.4. The van der Waals surface area contributed by atoms with Crippen molar-refractivity contribution < 1.29 is 9.47 Å². The molecule has 2 rings (SSSR count). The van der Waals surface area contributed by atoms with Crippen molar-refractivity contribution in [3.05, 3.63) is 30.0 Å². The number of aryl methyl sites for hydroxylation is 1. The van der Waals surface area contributed by atoms with Gasteiger partial charge in [-0.05, 0) is 25.5 Å². The molecule has 6 nitrogen and oxygen atoms in total. The topological polar surface area (TPSA) is 68.3 Å². The summed E-state index contributed by atoms with van der Waals surface area (Å²) in [6, 6.07) is 7.50. The molecule has 0 saturated heterocycles. The van der Waals surface area contributed by atoms with Crippen LogP contribution >= 0.6 is 0 Å². The zero-order valence-electron chi connectivity index (χ0n) is 14.8. The summed E-state index contributed by atoms with van der Waals surface area (Å²) < 4.78 is 10.6. The van der Waals surface area contributed by atoms with Gasteiger partial charge in [0.05, 0.1) is 19.9 Å². The third-order valence-electron chi connectivity index (χ3n) is 3.59. The van der Waals surface area contributed by atoms with Gasteiger partial charge < -0.3 is 20.1 Å². The van der Waals surface area contributed by atoms with E-state index in [4.69, 9.17) is 9.47 Å². The highest BCUT2D eigenvalue weighted by Crippen LogP contribution is 2.30. The molecule has 0 atom stereocenters. The molecule has 6 heteroatoms. The maximum absolute atomic E-state index is 5.38. The van der Waals surface area contributed by atoms with Gasteiger partial charge in [0.1, 0.15) is 17.3 Å². The predicted octanol–water partition coefficient (Wildman–Crippen LogP) is 4.15. The average Bonchev–Trinajstić information content (AvgIpc) is 2.58. The molecule has 0 saturated carbocycles. The van der Waals surface area contributed by atoms with Crippen LogP contribution in [0.5, 0.6) is 11.5 Å². The largest absolute Gasteiger partial charge is 0.497 e. The molecule has 24 heavy (non-hydrogen) atoms. The van der Waals surface area contributed by atoms with E-state index >= 15 is 0 Å². The molecular weight excluding hydrogens is 304 g/mol. The van der Waals surface area contributed by atoms with Crippen LogP contribution in [0, 0.1) is 6.92 Å². The van der Waals surface area contributed by atoms with E-state index in [9.17, 15) is 0 Å². The van der Waals surface area contributed by atoms with Gasteiger partial charge in [0.2, 0.25) is 5.95 Å². The van der Waals surface area contributed by atoms with Crippen molar-refractivity contribution >= 4 is 17.5 Å². The minimum Gasteiger partial charge on any atom is -0.497 e. The highest BCUT2D eigenvalue weighted by Gasteiger charge is 2.08. The van der Waals surface area contributed by atoms with Crippen LogP contribution in [0.4, 0.5) is 17.5 Å². The fourth-order valence-electron chi connectivity index (χ4n) is 2.34. The van der Waals surface area contributed by atoms with Crippen LogP contribution in [-0.2, 0) is 0 Å². The van der Waals surface area contributed by atoms with Crippen LogP contribution in [0.15, 0.2) is 24.3 Å². The fourth-order valence-corrected chi connectivity index (χ4v) is 2.34. The highest BCUT2D eigenvalue weighted by atomic mass is 16.5. The molecule has 0 radical (unpaired) electrons. The first-order valence-electron chi connectivity index (χ1n) is 8.25. The number of ether oxygens (including phenoxy) is 2. The molecule has 1 aromatic carbocycles. The number of benzene rings is 1. The molecule has 0 bridgehead atoms. The van der Waals surface area contributed by atoms with E-state index in [0.29, 0.717) is 11.7 Å². The van der Waals surface area contributed by atoms with Crippen molar-refractivity contribution in [2.24, 2.45) is 0 Å². The molecule has 130 valence electrons. The van der Waals surface area contributed by atoms with Crippen molar-refractivity contribution in [3.63, 3.8) is 0 Å². The Labute approximate surface area is 143 Å². The van der Waals surface area contributed by atoms with Crippen LogP contribution in [-0.4, -0.2) is 30.7 Å². The minimum absolute atomic E-state index is 0.527. The minimum atomic E-state index is 0.527. The summed E-state index contributed by atoms with van der Waals surface area (Å²) in [5.41, 5.74) is 1.66. The molecule has 0 fully saturated rings. The monoisotopic (exact) mass is 330 g/mol. The Balaban J connectivity index is 2.15. The van der Waals surface area contributed by atoms with E-state index in [0.717, 1.165) is 35.9 Å². The lowest BCUT2D eigenvalue weighted by Crippen LogP contribution is -2.07. The average molecular weight is 330 g/mol. The SMILES string of the molecule is CCCCCNc1cc(C)nc(Nc2cc(OC)ccc2OC)n1. The maximum Gasteiger partial charge on any atom is 0.229 e. The molecule has 1 aromatic heterocycles. The molecule has 0 unspecified atom stereocenters. The van der Waals surface area contributed by atoms with E-state index in [1.165, 1.54) is 12.8 Å². The number of aromatic nitrogens is 2. The van der Waals surface area contributed by atoms with E-state index in [-0.39, 0.29) is 0 Å². The predicted molar refractivity (Wildman–Crippen MR) is 97.6 cm³/mol. The van der Waals surface area contributed by atoms with Gasteiger partial charge in [-0.25, -0.2) is 4.98 Å². The smallest absolute Gasteiger partial charge is 0.229 e. The number of hydrogen-bond acceptors (Lipinski definition) is 6. The summed E-state index contributed by atoms with van der Waals surface area (Å²) >= 11 is 0. The second-order valence-corrected chi connectivity index (χ2v) is 5.54. The number of rotatable bonds is 9. The Bertz CT molecular complexity index is 661. The Kier molecular flexibility index (Phi) is 6.66. The van der Waals surface area contributed by atoms with Gasteiger partial charge in [-0.1, -0.05) is 19.8 Å². The highest BCUT2D eigenvalue weighted by molar-refractivity contribution is 5.65. The number of hydrogen-bond donors (Lipinski definition) is 2. The Morgan fingerprint density at radius 2 is 1.88 bits per heavy atom. The number of anilines is 3. The van der Waals surface area contributed by atoms with Crippen molar-refractivity contribution in [1.82, 2.24) is 9.97 Å². The molecule has 1 heterocycles. The number of unbranched alkanes of at least 4 members (excludes halogenated alkanes) is 2. The van der Waals surface area contributed by atoms with Crippen LogP contribution in [0.1, 0.15) is 31.9 Å². The van der Waals surface area contributed by atoms with Gasteiger partial charge in [0, 0.05) is 24.4 Å². The summed E-state index contributed by atoms with van der Waals surface area (Å²) in [5, 5.41) is 6.56. The molecule has 0 aliphatic heterocycles. The van der Waals surface area contributed by atoms with Crippen molar-refractivity contribution in [2.45, 2.75) is 33.1 Å². The number of nitrogens with one attached hydrogen (secondary N) is 2. The first kappa shape index (κ1) is 17.8. The summed E-state index contributed by atoms with van der Waals surface area (Å²) in [5.74, 6) is 2.80. The molecular formula is C18H26N4O2. The second kappa shape index (κ2) is 8.96. The van der Waals surface area contributed by atoms with Gasteiger partial charge in [0.15, 0.2) is 0 Å². The van der Waals surface area contributed by atoms with Gasteiger partial charge in [-0.3, -0.25) is 0 Å². The Morgan fingerprint density at radius 3 is 2.58 bits per heavy atom. The van der Waals surface area contributed by atoms with Gasteiger partial charge >= 0.3 is 0 Å². The Hall–Kier alpha value is -2.50. The summed E-state index contributed by atoms with van der Waals surface area (Å²) in [6.07, 6.45) is 3.54. The second-order valence-electron chi connectivity index (χ2n) is 5.54. The Morgan fingerprint density at radius 1 is 1.04 bits per heavy atom. The van der Waals surface area contributed by atoms with E-state index in [2.05, 4.69) is 27.5 Å². The molecule has 2 aromatic rings. The zero-order valence-corrected chi connectivity index (χ0v) is 14.8. The lowest BCUT2D eigenvalue weighted by Gasteiger charge is -2.13. The molecule has 0 amide bonds. The maximum atomic E-state index is 5.38. The standard InChI is InChI=1S/C18H26N4O2/c1-5-6-7-10-19-17-11-13(2)20-18(22-17)21-15-12-14(23-3)8-9-16(15)24-4/h8-9,11-12H,5-7,10H2,1-4H3,(H2,19,20,21,22). The summed E-state index contributed by atoms with van der Waals surface area (Å²) in [7, 11) is 3.26. The first-order chi connectivity index (χ1) is 11.7. The number of methoxy groups -OCH3 is 2. The summed E-state index contributed by atoms with van der Waals surface area (Å²) in [4.78, 5) is 8.97. The lowest BCUT2D eigenvalue weighted by atomic mass is 10.2. The van der Waals surface area contributed by atoms with Gasteiger partial charge in [-0.2, -0.15) is 4.98 Å². The van der Waals surface area contributed by atoms with E-state index in [1.54, 1.807) is 14.2 Å². The fraction of sp³-hybridized carbons (Fsp3) is 0.444. The molecule has 0 aliphatic carbocycles. The van der Waals surface area contributed by atoms with E-state index < -0.39 is 0 Å². The van der Waals surface area contributed by atoms with Crippen LogP contribution in [0.25, 0.3) is 0 Å². The van der Waals surface area contributed by atoms with Crippen molar-refractivity contribution in [1.29, 1.82) is 0 Å². The molecule has 2 N–H and O–H groups in total. The lowest BCUT2D eigenvalue weighted by molar-refractivity contribution is 0.405. The third-order valence-corrected chi connectivity index (χ3v) is 3.59. The molecule has 0 aliphatic rings. The third kappa shape index (κ3) is 5.01. The van der Waals surface area contributed by atoms with Gasteiger partial charge in [-0.15, -0.1) is 0 Å². The molecule has 0 spiro atoms. The van der Waals surface area contributed by atoms with Crippen LogP contribution in [0.2, 0.25) is 0 Å². The normalized spacial score (nSPS) is 10.3. The van der Waals surface area contributed by atoms with Gasteiger partial charge in [0.25, 0.3) is 0 Å². The summed E-state index contributed by atoms with van der Waals surface area (Å²) in [6.45, 7) is 5.05. The van der Waals surface area contributed by atoms with Crippen LogP contribution < -0.4 is 20.1 Å². The number of nitrogens with zero attached hydrogens (tertiary/aromatic N) is 2. The van der Waals surface area contributed by atoms with Crippen LogP contribution in [0.3, 0.4) is 0 Å². The van der Waals surface area contributed by atoms with Crippen molar-refractivity contribution in [2.75, 3.05) is 31.4 Å². The first-order valence-corrected chi connectivity index (χ1v) is 8.25. The van der Waals surface area contributed by atoms with Crippen molar-refractivity contribution in [3.8, 4) is 11.5 Å².